The number of nitrogens with zero attached hydrogens (tertiary/aromatic N) is 1. The first-order chi connectivity index (χ1) is 12.3. The van der Waals surface area contributed by atoms with Gasteiger partial charge >= 0.3 is 0 Å². The van der Waals surface area contributed by atoms with Crippen LogP contribution in [0.25, 0.3) is 0 Å². The second-order valence-corrected chi connectivity index (χ2v) is 7.46. The van der Waals surface area contributed by atoms with Crippen molar-refractivity contribution in [3.63, 3.8) is 0 Å². The number of Topliss-reactive ketones (excluding diaryl/α,β-unsaturated/α-hetero) is 2. The molecule has 26 heavy (non-hydrogen) atoms. The van der Waals surface area contributed by atoms with E-state index >= 15 is 0 Å². The average molecular weight is 352 g/mol. The van der Waals surface area contributed by atoms with Crippen molar-refractivity contribution in [1.29, 1.82) is 0 Å². The second kappa shape index (κ2) is 8.91. The minimum Gasteiger partial charge on any atom is -0.326 e. The van der Waals surface area contributed by atoms with E-state index in [1.165, 1.54) is 0 Å². The summed E-state index contributed by atoms with van der Waals surface area (Å²) >= 11 is 0. The summed E-state index contributed by atoms with van der Waals surface area (Å²) < 4.78 is 0.731. The standard InChI is InChI=1S/C23H30NO2/c1-5-24(4,16-14-22(25)20-10-6-18(2)7-11-20)17-15-23(26)21-12-8-19(3)9-13-21/h6-13H,5,14-17H2,1-4H3/q+1. The third-order valence-electron chi connectivity index (χ3n) is 5.27. The summed E-state index contributed by atoms with van der Waals surface area (Å²) in [5, 5.41) is 0. The molecule has 0 saturated carbocycles. The summed E-state index contributed by atoms with van der Waals surface area (Å²) in [5.41, 5.74) is 3.86. The number of hydrogen-bond acceptors (Lipinski definition) is 2. The molecule has 3 heteroatoms. The molecule has 0 aliphatic heterocycles. The first-order valence-corrected chi connectivity index (χ1v) is 9.36. The molecule has 3 nitrogen and oxygen atoms in total. The zero-order valence-corrected chi connectivity index (χ0v) is 16.4. The minimum absolute atomic E-state index is 0.174. The minimum atomic E-state index is 0.174. The maximum absolute atomic E-state index is 12.4. The van der Waals surface area contributed by atoms with Crippen LogP contribution in [0.4, 0.5) is 0 Å². The molecule has 0 saturated heterocycles. The van der Waals surface area contributed by atoms with E-state index in [9.17, 15) is 9.59 Å². The van der Waals surface area contributed by atoms with Crippen molar-refractivity contribution >= 4 is 11.6 Å². The lowest BCUT2D eigenvalue weighted by Crippen LogP contribution is -2.46. The molecule has 2 aromatic carbocycles. The van der Waals surface area contributed by atoms with Crippen molar-refractivity contribution in [3.05, 3.63) is 70.8 Å². The molecule has 0 aliphatic carbocycles. The lowest BCUT2D eigenvalue weighted by Gasteiger charge is -2.33. The Morgan fingerprint density at radius 1 is 0.731 bits per heavy atom. The second-order valence-electron chi connectivity index (χ2n) is 7.46. The van der Waals surface area contributed by atoms with Crippen LogP contribution in [0.3, 0.4) is 0 Å². The van der Waals surface area contributed by atoms with E-state index in [0.29, 0.717) is 12.8 Å². The molecule has 0 bridgehead atoms. The smallest absolute Gasteiger partial charge is 0.168 e. The van der Waals surface area contributed by atoms with Crippen molar-refractivity contribution in [1.82, 2.24) is 0 Å². The summed E-state index contributed by atoms with van der Waals surface area (Å²) in [6.07, 6.45) is 1.01. The van der Waals surface area contributed by atoms with E-state index in [0.717, 1.165) is 46.4 Å². The molecule has 0 aromatic heterocycles. The Morgan fingerprint density at radius 2 is 1.08 bits per heavy atom. The maximum Gasteiger partial charge on any atom is 0.168 e. The van der Waals surface area contributed by atoms with Gasteiger partial charge in [0.15, 0.2) is 11.6 Å². The van der Waals surface area contributed by atoms with E-state index in [2.05, 4.69) is 14.0 Å². The quantitative estimate of drug-likeness (QED) is 0.488. The molecule has 0 aliphatic rings. The Balaban J connectivity index is 1.90. The first kappa shape index (κ1) is 20.1. The van der Waals surface area contributed by atoms with Gasteiger partial charge < -0.3 is 4.48 Å². The van der Waals surface area contributed by atoms with Crippen molar-refractivity contribution in [2.75, 3.05) is 26.7 Å². The normalized spacial score (nSPS) is 11.4. The molecule has 0 N–H and O–H groups in total. The fourth-order valence-electron chi connectivity index (χ4n) is 2.94. The van der Waals surface area contributed by atoms with Crippen molar-refractivity contribution in [2.45, 2.75) is 33.6 Å². The molecule has 0 fully saturated rings. The average Bonchev–Trinajstić information content (AvgIpc) is 2.65. The summed E-state index contributed by atoms with van der Waals surface area (Å²) in [4.78, 5) is 24.9. The van der Waals surface area contributed by atoms with Crippen LogP contribution in [0.2, 0.25) is 0 Å². The summed E-state index contributed by atoms with van der Waals surface area (Å²) in [6, 6.07) is 15.5. The lowest BCUT2D eigenvalue weighted by atomic mass is 10.0. The Hall–Kier alpha value is -2.26. The Labute approximate surface area is 157 Å². The van der Waals surface area contributed by atoms with E-state index < -0.39 is 0 Å². The molecule has 2 aromatic rings. The van der Waals surface area contributed by atoms with Crippen LogP contribution in [0.15, 0.2) is 48.5 Å². The topological polar surface area (TPSA) is 34.1 Å². The largest absolute Gasteiger partial charge is 0.326 e. The van der Waals surface area contributed by atoms with Crippen LogP contribution in [-0.2, 0) is 0 Å². The monoisotopic (exact) mass is 352 g/mol. The number of aryl methyl sites for hydroxylation is 2. The third kappa shape index (κ3) is 5.63. The van der Waals surface area contributed by atoms with Gasteiger partial charge in [0.25, 0.3) is 0 Å². The first-order valence-electron chi connectivity index (χ1n) is 9.36. The fraction of sp³-hybridized carbons (Fsp3) is 0.391. The Kier molecular flexibility index (Phi) is 6.87. The number of benzene rings is 2. The molecule has 0 unspecified atom stereocenters. The SMILES string of the molecule is CC[N+](C)(CCC(=O)c1ccc(C)cc1)CCC(=O)c1ccc(C)cc1. The molecule has 0 atom stereocenters. The van der Waals surface area contributed by atoms with Crippen LogP contribution in [-0.4, -0.2) is 42.7 Å². The van der Waals surface area contributed by atoms with Crippen molar-refractivity contribution in [3.8, 4) is 0 Å². The van der Waals surface area contributed by atoms with E-state index in [1.54, 1.807) is 0 Å². The molecule has 0 spiro atoms. The van der Waals surface area contributed by atoms with Gasteiger partial charge in [-0.3, -0.25) is 9.59 Å². The predicted molar refractivity (Wildman–Crippen MR) is 107 cm³/mol. The highest BCUT2D eigenvalue weighted by Crippen LogP contribution is 2.13. The van der Waals surface area contributed by atoms with Crippen molar-refractivity contribution < 1.29 is 14.1 Å². The summed E-state index contributed by atoms with van der Waals surface area (Å²) in [5.74, 6) is 0.348. The molecule has 0 radical (unpaired) electrons. The highest BCUT2D eigenvalue weighted by atomic mass is 16.1. The number of quaternary nitrogens is 1. The molecule has 0 heterocycles. The van der Waals surface area contributed by atoms with Gasteiger partial charge in [0.2, 0.25) is 0 Å². The zero-order chi connectivity index (χ0) is 19.2. The Bertz CT molecular complexity index is 683. The highest BCUT2D eigenvalue weighted by Gasteiger charge is 2.22. The van der Waals surface area contributed by atoms with Gasteiger partial charge in [-0.05, 0) is 20.8 Å². The van der Waals surface area contributed by atoms with Crippen LogP contribution in [0, 0.1) is 13.8 Å². The fourth-order valence-corrected chi connectivity index (χ4v) is 2.94. The van der Waals surface area contributed by atoms with E-state index in [1.807, 2.05) is 62.4 Å². The summed E-state index contributed by atoms with van der Waals surface area (Å²) in [6.45, 7) is 8.57. The lowest BCUT2D eigenvalue weighted by molar-refractivity contribution is -0.906. The molecular formula is C23H30NO2+. The van der Waals surface area contributed by atoms with Gasteiger partial charge in [0.1, 0.15) is 0 Å². The van der Waals surface area contributed by atoms with Gasteiger partial charge in [-0.15, -0.1) is 0 Å². The zero-order valence-electron chi connectivity index (χ0n) is 16.4. The van der Waals surface area contributed by atoms with Crippen LogP contribution in [0.5, 0.6) is 0 Å². The van der Waals surface area contributed by atoms with Crippen LogP contribution in [0.1, 0.15) is 51.6 Å². The van der Waals surface area contributed by atoms with Crippen LogP contribution >= 0.6 is 0 Å². The van der Waals surface area contributed by atoms with Crippen molar-refractivity contribution in [2.24, 2.45) is 0 Å². The Morgan fingerprint density at radius 3 is 1.38 bits per heavy atom. The van der Waals surface area contributed by atoms with Gasteiger partial charge in [-0.1, -0.05) is 59.7 Å². The van der Waals surface area contributed by atoms with Gasteiger partial charge in [0.05, 0.1) is 39.5 Å². The predicted octanol–water partition coefficient (Wildman–Crippen LogP) is 4.62. The van der Waals surface area contributed by atoms with Gasteiger partial charge in [-0.2, -0.15) is 0 Å². The highest BCUT2D eigenvalue weighted by molar-refractivity contribution is 5.96. The molecular weight excluding hydrogens is 322 g/mol. The van der Waals surface area contributed by atoms with E-state index in [-0.39, 0.29) is 11.6 Å². The number of carbonyl (C=O) groups excluding carboxylic acids is 2. The van der Waals surface area contributed by atoms with Gasteiger partial charge in [-0.25, -0.2) is 0 Å². The summed E-state index contributed by atoms with van der Waals surface area (Å²) in [7, 11) is 2.13. The number of carbonyl (C=O) groups is 2. The number of rotatable bonds is 9. The van der Waals surface area contributed by atoms with E-state index in [4.69, 9.17) is 0 Å². The number of hydrogen-bond donors (Lipinski definition) is 0. The molecule has 138 valence electrons. The van der Waals surface area contributed by atoms with Crippen LogP contribution < -0.4 is 0 Å². The maximum atomic E-state index is 12.4. The third-order valence-corrected chi connectivity index (χ3v) is 5.27. The molecule has 0 amide bonds. The number of ketones is 2. The van der Waals surface area contributed by atoms with Gasteiger partial charge in [0, 0.05) is 11.1 Å². The molecule has 2 rings (SSSR count).